The van der Waals surface area contributed by atoms with Crippen LogP contribution in [-0.4, -0.2) is 9.97 Å². The van der Waals surface area contributed by atoms with Crippen molar-refractivity contribution in [1.82, 2.24) is 9.97 Å². The van der Waals surface area contributed by atoms with Crippen LogP contribution < -0.4 is 5.32 Å². The first-order valence-corrected chi connectivity index (χ1v) is 5.77. The van der Waals surface area contributed by atoms with Gasteiger partial charge in [-0.15, -0.1) is 11.3 Å². The Labute approximate surface area is 97.2 Å². The molecule has 0 atom stereocenters. The van der Waals surface area contributed by atoms with E-state index >= 15 is 0 Å². The summed E-state index contributed by atoms with van der Waals surface area (Å²) in [6, 6.07) is 3.97. The number of anilines is 1. The maximum Gasteiger partial charge on any atom is 0.184 e. The highest BCUT2D eigenvalue weighted by Crippen LogP contribution is 2.19. The number of nitrogens with zero attached hydrogens (tertiary/aromatic N) is 2. The standard InChI is InChI=1S/C10H10ClN3S/c1-7-3-2-4-12-8(7)5-13-10-14-9(11)6-15-10/h2-4,6H,5H2,1H3,(H,13,14). The van der Waals surface area contributed by atoms with E-state index in [-0.39, 0.29) is 0 Å². The van der Waals surface area contributed by atoms with Crippen LogP contribution in [0.5, 0.6) is 0 Å². The first-order chi connectivity index (χ1) is 7.25. The minimum atomic E-state index is 0.528. The molecule has 5 heteroatoms. The number of hydrogen-bond donors (Lipinski definition) is 1. The van der Waals surface area contributed by atoms with Crippen molar-refractivity contribution in [2.45, 2.75) is 13.5 Å². The third-order valence-corrected chi connectivity index (χ3v) is 3.12. The summed E-state index contributed by atoms with van der Waals surface area (Å²) in [5.74, 6) is 0. The normalized spacial score (nSPS) is 10.3. The summed E-state index contributed by atoms with van der Waals surface area (Å²) in [7, 11) is 0. The van der Waals surface area contributed by atoms with E-state index in [1.807, 2.05) is 19.1 Å². The van der Waals surface area contributed by atoms with Gasteiger partial charge in [0.25, 0.3) is 0 Å². The Bertz CT molecular complexity index is 455. The van der Waals surface area contributed by atoms with E-state index in [9.17, 15) is 0 Å². The Morgan fingerprint density at radius 3 is 3.07 bits per heavy atom. The van der Waals surface area contributed by atoms with Gasteiger partial charge < -0.3 is 5.32 Å². The molecule has 2 heterocycles. The van der Waals surface area contributed by atoms with E-state index in [1.165, 1.54) is 16.9 Å². The van der Waals surface area contributed by atoms with E-state index < -0.39 is 0 Å². The maximum absolute atomic E-state index is 5.72. The molecule has 0 spiro atoms. The van der Waals surface area contributed by atoms with Crippen molar-refractivity contribution < 1.29 is 0 Å². The van der Waals surface area contributed by atoms with Crippen molar-refractivity contribution in [3.05, 3.63) is 40.1 Å². The van der Waals surface area contributed by atoms with Crippen molar-refractivity contribution >= 4 is 28.1 Å². The molecule has 78 valence electrons. The highest BCUT2D eigenvalue weighted by atomic mass is 35.5. The molecule has 0 aliphatic carbocycles. The number of thiazole rings is 1. The first kappa shape index (κ1) is 10.4. The van der Waals surface area contributed by atoms with Crippen LogP contribution in [0.1, 0.15) is 11.3 Å². The van der Waals surface area contributed by atoms with Gasteiger partial charge in [0.1, 0.15) is 5.15 Å². The summed E-state index contributed by atoms with van der Waals surface area (Å²) >= 11 is 7.21. The zero-order valence-corrected chi connectivity index (χ0v) is 9.77. The number of nitrogens with one attached hydrogen (secondary N) is 1. The molecule has 1 N–H and O–H groups in total. The lowest BCUT2D eigenvalue weighted by molar-refractivity contribution is 1.01. The molecule has 0 unspecified atom stereocenters. The number of rotatable bonds is 3. The van der Waals surface area contributed by atoms with Crippen LogP contribution in [0.4, 0.5) is 5.13 Å². The molecule has 0 amide bonds. The third kappa shape index (κ3) is 2.67. The highest BCUT2D eigenvalue weighted by Gasteiger charge is 2.01. The van der Waals surface area contributed by atoms with Gasteiger partial charge in [-0.3, -0.25) is 4.98 Å². The second-order valence-electron chi connectivity index (χ2n) is 3.10. The van der Waals surface area contributed by atoms with Crippen LogP contribution in [0.3, 0.4) is 0 Å². The van der Waals surface area contributed by atoms with Gasteiger partial charge in [-0.1, -0.05) is 17.7 Å². The fourth-order valence-corrected chi connectivity index (χ4v) is 2.03. The monoisotopic (exact) mass is 239 g/mol. The zero-order valence-electron chi connectivity index (χ0n) is 8.20. The average molecular weight is 240 g/mol. The lowest BCUT2D eigenvalue weighted by Crippen LogP contribution is -2.02. The smallest absolute Gasteiger partial charge is 0.184 e. The quantitative estimate of drug-likeness (QED) is 0.895. The van der Waals surface area contributed by atoms with Gasteiger partial charge in [-0.2, -0.15) is 0 Å². The van der Waals surface area contributed by atoms with Crippen LogP contribution in [0.2, 0.25) is 5.15 Å². The van der Waals surface area contributed by atoms with Crippen molar-refractivity contribution in [2.75, 3.05) is 5.32 Å². The van der Waals surface area contributed by atoms with Gasteiger partial charge in [0, 0.05) is 11.6 Å². The molecule has 0 aliphatic rings. The number of hydrogen-bond acceptors (Lipinski definition) is 4. The summed E-state index contributed by atoms with van der Waals surface area (Å²) in [6.07, 6.45) is 1.79. The number of pyridine rings is 1. The molecule has 0 aromatic carbocycles. The van der Waals surface area contributed by atoms with Crippen molar-refractivity contribution in [3.8, 4) is 0 Å². The van der Waals surface area contributed by atoms with Gasteiger partial charge >= 0.3 is 0 Å². The molecule has 0 fully saturated rings. The van der Waals surface area contributed by atoms with Gasteiger partial charge in [0.05, 0.1) is 12.2 Å². The predicted molar refractivity (Wildman–Crippen MR) is 63.4 cm³/mol. The van der Waals surface area contributed by atoms with E-state index in [4.69, 9.17) is 11.6 Å². The molecule has 2 aromatic rings. The van der Waals surface area contributed by atoms with Crippen molar-refractivity contribution in [3.63, 3.8) is 0 Å². The Morgan fingerprint density at radius 1 is 1.53 bits per heavy atom. The van der Waals surface area contributed by atoms with Crippen LogP contribution in [0.15, 0.2) is 23.7 Å². The zero-order chi connectivity index (χ0) is 10.7. The summed E-state index contributed by atoms with van der Waals surface area (Å²) in [4.78, 5) is 8.38. The van der Waals surface area contributed by atoms with Gasteiger partial charge in [0.15, 0.2) is 5.13 Å². The van der Waals surface area contributed by atoms with Crippen LogP contribution in [0.25, 0.3) is 0 Å². The SMILES string of the molecule is Cc1cccnc1CNc1nc(Cl)cs1. The molecule has 15 heavy (non-hydrogen) atoms. The number of aryl methyl sites for hydroxylation is 1. The third-order valence-electron chi connectivity index (χ3n) is 2.00. The van der Waals surface area contributed by atoms with E-state index in [2.05, 4.69) is 15.3 Å². The molecule has 0 aliphatic heterocycles. The van der Waals surface area contributed by atoms with Crippen LogP contribution >= 0.6 is 22.9 Å². The highest BCUT2D eigenvalue weighted by molar-refractivity contribution is 7.14. The first-order valence-electron chi connectivity index (χ1n) is 4.51. The Morgan fingerprint density at radius 2 is 2.40 bits per heavy atom. The summed E-state index contributed by atoms with van der Waals surface area (Å²) in [6.45, 7) is 2.72. The minimum absolute atomic E-state index is 0.528. The van der Waals surface area contributed by atoms with E-state index in [0.29, 0.717) is 11.7 Å². The van der Waals surface area contributed by atoms with E-state index in [1.54, 1.807) is 11.6 Å². The van der Waals surface area contributed by atoms with Crippen molar-refractivity contribution in [1.29, 1.82) is 0 Å². The summed E-state index contributed by atoms with van der Waals surface area (Å²) < 4.78 is 0. The molecule has 2 rings (SSSR count). The topological polar surface area (TPSA) is 37.8 Å². The van der Waals surface area contributed by atoms with Gasteiger partial charge in [-0.25, -0.2) is 4.98 Å². The Balaban J connectivity index is 2.02. The molecular weight excluding hydrogens is 230 g/mol. The van der Waals surface area contributed by atoms with Crippen molar-refractivity contribution in [2.24, 2.45) is 0 Å². The largest absolute Gasteiger partial charge is 0.356 e. The molecular formula is C10H10ClN3S. The fourth-order valence-electron chi connectivity index (χ4n) is 1.20. The molecule has 0 radical (unpaired) electrons. The van der Waals surface area contributed by atoms with Crippen LogP contribution in [0, 0.1) is 6.92 Å². The lowest BCUT2D eigenvalue weighted by atomic mass is 10.2. The predicted octanol–water partition coefficient (Wildman–Crippen LogP) is 3.11. The minimum Gasteiger partial charge on any atom is -0.356 e. The second-order valence-corrected chi connectivity index (χ2v) is 4.34. The lowest BCUT2D eigenvalue weighted by Gasteiger charge is -2.04. The Hall–Kier alpha value is -1.13. The van der Waals surface area contributed by atoms with Gasteiger partial charge in [-0.05, 0) is 18.6 Å². The summed E-state index contributed by atoms with van der Waals surface area (Å²) in [5.41, 5.74) is 2.21. The molecule has 0 bridgehead atoms. The van der Waals surface area contributed by atoms with E-state index in [0.717, 1.165) is 10.8 Å². The maximum atomic E-state index is 5.72. The molecule has 2 aromatic heterocycles. The number of aromatic nitrogens is 2. The summed E-state index contributed by atoms with van der Waals surface area (Å²) in [5, 5.41) is 6.34. The Kier molecular flexibility index (Phi) is 3.18. The molecule has 0 saturated heterocycles. The average Bonchev–Trinajstić information content (AvgIpc) is 2.63. The van der Waals surface area contributed by atoms with Crippen LogP contribution in [-0.2, 0) is 6.54 Å². The number of halogens is 1. The molecule has 3 nitrogen and oxygen atoms in total. The molecule has 0 saturated carbocycles. The second kappa shape index (κ2) is 4.59. The van der Waals surface area contributed by atoms with Gasteiger partial charge in [0.2, 0.25) is 0 Å². The fraction of sp³-hybridized carbons (Fsp3) is 0.200.